The van der Waals surface area contributed by atoms with Crippen molar-refractivity contribution in [1.82, 2.24) is 10.3 Å². The molecule has 5 nitrogen and oxygen atoms in total. The molecule has 1 N–H and O–H groups in total. The maximum atomic E-state index is 13.1. The van der Waals surface area contributed by atoms with E-state index in [0.29, 0.717) is 40.6 Å². The summed E-state index contributed by atoms with van der Waals surface area (Å²) >= 11 is 0. The lowest BCUT2D eigenvalue weighted by atomic mass is 10.1. The smallest absolute Gasteiger partial charge is 0.338 e. The summed E-state index contributed by atoms with van der Waals surface area (Å²) in [6.07, 6.45) is 0. The number of nitrogens with one attached hydrogen (secondary N) is 1. The second-order valence-corrected chi connectivity index (χ2v) is 6.55. The molecule has 4 fully saturated rings. The van der Waals surface area contributed by atoms with Crippen molar-refractivity contribution in [3.63, 3.8) is 0 Å². The number of carbonyl (C=O) groups excluding carboxylic acids is 1. The zero-order valence-electron chi connectivity index (χ0n) is 13.0. The van der Waals surface area contributed by atoms with Gasteiger partial charge in [0, 0.05) is 30.0 Å². The molecule has 2 saturated heterocycles. The lowest BCUT2D eigenvalue weighted by molar-refractivity contribution is 0.0599. The Bertz CT molecular complexity index is 830. The molecule has 1 aromatic carbocycles. The molecule has 3 heterocycles. The average Bonchev–Trinajstić information content (AvgIpc) is 3.22. The fourth-order valence-corrected chi connectivity index (χ4v) is 4.02. The van der Waals surface area contributed by atoms with Crippen molar-refractivity contribution < 1.29 is 18.7 Å². The lowest BCUT2D eigenvalue weighted by Gasteiger charge is -2.13. The van der Waals surface area contributed by atoms with Crippen LogP contribution in [0.15, 0.2) is 36.4 Å². The number of ether oxygens (including phenoxy) is 2. The molecule has 0 radical (unpaired) electrons. The van der Waals surface area contributed by atoms with Crippen LogP contribution in [0.25, 0.3) is 11.3 Å². The standard InChI is InChI=1S/C18H15FN2O3/c1-23-17(22)10-6-13(9-2-4-11(19)5-3-9)21-14(7-10)24-18-12-8-20-16(18)15(12)18/h2-7,12,15-16,20H,8H2,1H3/t12-,15-,16?,18-/m1/s1. The molecule has 2 aromatic rings. The first-order valence-electron chi connectivity index (χ1n) is 7.92. The van der Waals surface area contributed by atoms with E-state index in [9.17, 15) is 9.18 Å². The first kappa shape index (κ1) is 13.9. The minimum absolute atomic E-state index is 0.123. The van der Waals surface area contributed by atoms with Crippen molar-refractivity contribution in [1.29, 1.82) is 0 Å². The van der Waals surface area contributed by atoms with E-state index in [1.807, 2.05) is 0 Å². The number of fused-ring (bicyclic) bond motifs is 1. The summed E-state index contributed by atoms with van der Waals surface area (Å²) in [6.45, 7) is 0.983. The summed E-state index contributed by atoms with van der Waals surface area (Å²) in [5.41, 5.74) is 1.52. The quantitative estimate of drug-likeness (QED) is 0.871. The molecule has 2 aliphatic carbocycles. The van der Waals surface area contributed by atoms with Crippen molar-refractivity contribution in [2.24, 2.45) is 11.8 Å². The van der Waals surface area contributed by atoms with Crippen molar-refractivity contribution in [3.05, 3.63) is 47.8 Å². The molecule has 1 aromatic heterocycles. The summed E-state index contributed by atoms with van der Waals surface area (Å²) < 4.78 is 24.1. The molecule has 2 saturated carbocycles. The third kappa shape index (κ3) is 1.77. The SMILES string of the molecule is COC(=O)c1cc(O[C@]23C4NC[C@@H]2[C@H]43)nc(-c2ccc(F)cc2)c1. The average molecular weight is 326 g/mol. The Hall–Kier alpha value is -2.47. The van der Waals surface area contributed by atoms with E-state index in [1.54, 1.807) is 24.3 Å². The van der Waals surface area contributed by atoms with Crippen LogP contribution in [-0.2, 0) is 4.74 Å². The zero-order valence-corrected chi connectivity index (χ0v) is 13.0. The number of hydrogen-bond acceptors (Lipinski definition) is 5. The number of esters is 1. The van der Waals surface area contributed by atoms with Crippen LogP contribution in [0.5, 0.6) is 5.88 Å². The Morgan fingerprint density at radius 3 is 2.75 bits per heavy atom. The van der Waals surface area contributed by atoms with Gasteiger partial charge >= 0.3 is 5.97 Å². The molecular weight excluding hydrogens is 311 g/mol. The highest BCUT2D eigenvalue weighted by Gasteiger charge is 2.93. The van der Waals surface area contributed by atoms with Gasteiger partial charge in [-0.05, 0) is 30.3 Å². The number of aromatic nitrogens is 1. The van der Waals surface area contributed by atoms with E-state index in [1.165, 1.54) is 19.2 Å². The fourth-order valence-electron chi connectivity index (χ4n) is 4.02. The molecule has 6 rings (SSSR count). The monoisotopic (exact) mass is 326 g/mol. The highest BCUT2D eigenvalue weighted by molar-refractivity contribution is 5.91. The molecule has 0 amide bonds. The number of hydrogen-bond donors (Lipinski definition) is 1. The lowest BCUT2D eigenvalue weighted by Crippen LogP contribution is -2.22. The summed E-state index contributed by atoms with van der Waals surface area (Å²) in [4.78, 5) is 16.5. The minimum atomic E-state index is -0.452. The van der Waals surface area contributed by atoms with Gasteiger partial charge in [-0.3, -0.25) is 0 Å². The first-order valence-corrected chi connectivity index (χ1v) is 7.92. The largest absolute Gasteiger partial charge is 0.469 e. The van der Waals surface area contributed by atoms with Crippen molar-refractivity contribution in [2.45, 2.75) is 11.6 Å². The maximum Gasteiger partial charge on any atom is 0.338 e. The highest BCUT2D eigenvalue weighted by atomic mass is 19.1. The Morgan fingerprint density at radius 1 is 1.33 bits per heavy atom. The summed E-state index contributed by atoms with van der Waals surface area (Å²) in [5.74, 6) is 0.777. The van der Waals surface area contributed by atoms with Crippen LogP contribution < -0.4 is 10.1 Å². The van der Waals surface area contributed by atoms with Crippen LogP contribution in [0.2, 0.25) is 0 Å². The number of rotatable bonds is 4. The topological polar surface area (TPSA) is 60.5 Å². The van der Waals surface area contributed by atoms with Crippen LogP contribution in [0.3, 0.4) is 0 Å². The molecule has 4 atom stereocenters. The molecule has 4 aliphatic rings. The first-order chi connectivity index (χ1) is 11.6. The number of methoxy groups -OCH3 is 1. The second-order valence-electron chi connectivity index (χ2n) is 6.55. The van der Waals surface area contributed by atoms with Gasteiger partial charge in [0.2, 0.25) is 5.88 Å². The predicted molar refractivity (Wildman–Crippen MR) is 83.1 cm³/mol. The zero-order chi connectivity index (χ0) is 16.5. The van der Waals surface area contributed by atoms with Crippen LogP contribution in [0.4, 0.5) is 4.39 Å². The molecule has 24 heavy (non-hydrogen) atoms. The number of nitrogens with zero attached hydrogens (tertiary/aromatic N) is 1. The van der Waals surface area contributed by atoms with Gasteiger partial charge in [0.25, 0.3) is 0 Å². The Kier molecular flexibility index (Phi) is 2.63. The number of carbonyl (C=O) groups is 1. The Labute approximate surface area is 137 Å². The molecule has 122 valence electrons. The van der Waals surface area contributed by atoms with Gasteiger partial charge in [-0.25, -0.2) is 14.2 Å². The van der Waals surface area contributed by atoms with Gasteiger partial charge in [-0.15, -0.1) is 0 Å². The van der Waals surface area contributed by atoms with Gasteiger partial charge in [0.15, 0.2) is 0 Å². The van der Waals surface area contributed by atoms with Crippen molar-refractivity contribution >= 4 is 5.97 Å². The van der Waals surface area contributed by atoms with Gasteiger partial charge in [0.1, 0.15) is 11.4 Å². The van der Waals surface area contributed by atoms with Gasteiger partial charge in [-0.1, -0.05) is 0 Å². The normalized spacial score (nSPS) is 31.3. The van der Waals surface area contributed by atoms with Crippen LogP contribution in [-0.4, -0.2) is 36.3 Å². The summed E-state index contributed by atoms with van der Waals surface area (Å²) in [5, 5.41) is 3.41. The van der Waals surface area contributed by atoms with Crippen molar-refractivity contribution in [3.8, 4) is 17.1 Å². The minimum Gasteiger partial charge on any atom is -0.469 e. The molecule has 2 aliphatic heterocycles. The third-order valence-electron chi connectivity index (χ3n) is 5.36. The van der Waals surface area contributed by atoms with Crippen LogP contribution in [0.1, 0.15) is 10.4 Å². The second kappa shape index (κ2) is 4.54. The predicted octanol–water partition coefficient (Wildman–Crippen LogP) is 2.02. The maximum absolute atomic E-state index is 13.1. The number of piperidine rings is 1. The number of halogens is 1. The highest BCUT2D eigenvalue weighted by Crippen LogP contribution is 2.76. The van der Waals surface area contributed by atoms with E-state index >= 15 is 0 Å². The molecule has 0 spiro atoms. The van der Waals surface area contributed by atoms with E-state index in [-0.39, 0.29) is 11.4 Å². The molecular formula is C18H15FN2O3. The number of benzene rings is 1. The summed E-state index contributed by atoms with van der Waals surface area (Å²) in [7, 11) is 1.33. The van der Waals surface area contributed by atoms with E-state index in [4.69, 9.17) is 9.47 Å². The molecule has 1 unspecified atom stereocenters. The van der Waals surface area contributed by atoms with E-state index in [0.717, 1.165) is 6.54 Å². The van der Waals surface area contributed by atoms with E-state index < -0.39 is 5.97 Å². The Balaban J connectivity index is 1.52. The van der Waals surface area contributed by atoms with Gasteiger partial charge in [-0.2, -0.15) is 0 Å². The Morgan fingerprint density at radius 2 is 2.12 bits per heavy atom. The van der Waals surface area contributed by atoms with Gasteiger partial charge in [0.05, 0.1) is 24.4 Å². The number of pyridine rings is 1. The fraction of sp³-hybridized carbons (Fsp3) is 0.333. The molecule has 6 heteroatoms. The van der Waals surface area contributed by atoms with Crippen LogP contribution in [0, 0.1) is 17.7 Å². The summed E-state index contributed by atoms with van der Waals surface area (Å²) in [6, 6.07) is 9.65. The van der Waals surface area contributed by atoms with Crippen LogP contribution >= 0.6 is 0 Å². The molecule has 2 bridgehead atoms. The third-order valence-corrected chi connectivity index (χ3v) is 5.36. The van der Waals surface area contributed by atoms with Gasteiger partial charge < -0.3 is 14.8 Å². The van der Waals surface area contributed by atoms with Crippen molar-refractivity contribution in [2.75, 3.05) is 13.7 Å². The van der Waals surface area contributed by atoms with E-state index in [2.05, 4.69) is 10.3 Å².